The van der Waals surface area contributed by atoms with E-state index < -0.39 is 0 Å². The van der Waals surface area contributed by atoms with E-state index in [9.17, 15) is 0 Å². The molecular weight excluding hydrogens is 463 g/mol. The summed E-state index contributed by atoms with van der Waals surface area (Å²) in [6.07, 6.45) is 0.936. The van der Waals surface area contributed by atoms with E-state index in [0.29, 0.717) is 12.5 Å². The molecule has 0 saturated carbocycles. The first-order valence-corrected chi connectivity index (χ1v) is 9.61. The van der Waals surface area contributed by atoms with Gasteiger partial charge in [-0.2, -0.15) is 0 Å². The zero-order chi connectivity index (χ0) is 19.1. The number of nitrogens with zero attached hydrogens (tertiary/aromatic N) is 2. The van der Waals surface area contributed by atoms with E-state index in [2.05, 4.69) is 84.0 Å². The minimum atomic E-state index is 0. The molecule has 0 radical (unpaired) electrons. The van der Waals surface area contributed by atoms with E-state index in [0.717, 1.165) is 36.9 Å². The molecule has 0 aliphatic carbocycles. The smallest absolute Gasteiger partial charge is 0.191 e. The zero-order valence-corrected chi connectivity index (χ0v) is 19.1. The summed E-state index contributed by atoms with van der Waals surface area (Å²) >= 11 is 0. The number of aliphatic imine (C=N–C) groups is 1. The van der Waals surface area contributed by atoms with Gasteiger partial charge in [0, 0.05) is 19.2 Å². The van der Waals surface area contributed by atoms with E-state index >= 15 is 0 Å². The molecule has 1 aromatic heterocycles. The monoisotopic (exact) mass is 492 g/mol. The van der Waals surface area contributed by atoms with Gasteiger partial charge in [0.1, 0.15) is 6.54 Å². The highest BCUT2D eigenvalue weighted by atomic mass is 127. The van der Waals surface area contributed by atoms with Crippen LogP contribution in [0.5, 0.6) is 0 Å². The van der Waals surface area contributed by atoms with Crippen molar-refractivity contribution in [2.24, 2.45) is 4.99 Å². The van der Waals surface area contributed by atoms with E-state index in [1.54, 1.807) is 0 Å². The van der Waals surface area contributed by atoms with Gasteiger partial charge in [0.05, 0.1) is 5.69 Å². The lowest BCUT2D eigenvalue weighted by Crippen LogP contribution is -2.38. The molecule has 0 aliphatic heterocycles. The molecule has 0 spiro atoms. The molecule has 2 N–H and O–H groups in total. The SMILES string of the molecule is CCNC(=NCc1cc(C(C)C)no1)NCCc1cccc2ccccc12.I. The quantitative estimate of drug-likeness (QED) is 0.281. The van der Waals surface area contributed by atoms with Crippen LogP contribution in [-0.2, 0) is 13.0 Å². The molecule has 0 fully saturated rings. The van der Waals surface area contributed by atoms with Crippen LogP contribution in [0.15, 0.2) is 58.0 Å². The highest BCUT2D eigenvalue weighted by molar-refractivity contribution is 14.0. The lowest BCUT2D eigenvalue weighted by molar-refractivity contribution is 0.376. The van der Waals surface area contributed by atoms with Crippen molar-refractivity contribution in [2.45, 2.75) is 39.7 Å². The molecule has 0 atom stereocenters. The van der Waals surface area contributed by atoms with Gasteiger partial charge in [0.15, 0.2) is 11.7 Å². The Morgan fingerprint density at radius 3 is 2.64 bits per heavy atom. The summed E-state index contributed by atoms with van der Waals surface area (Å²) in [6, 6.07) is 16.9. The second kappa shape index (κ2) is 11.0. The molecule has 0 aliphatic rings. The molecule has 0 bridgehead atoms. The van der Waals surface area contributed by atoms with Crippen molar-refractivity contribution < 1.29 is 4.52 Å². The topological polar surface area (TPSA) is 62.5 Å². The van der Waals surface area contributed by atoms with Crippen LogP contribution in [0.4, 0.5) is 0 Å². The normalized spacial score (nSPS) is 11.5. The van der Waals surface area contributed by atoms with Gasteiger partial charge in [-0.1, -0.05) is 61.5 Å². The second-order valence-electron chi connectivity index (χ2n) is 6.88. The molecule has 2 aromatic carbocycles. The number of benzene rings is 2. The Kier molecular flexibility index (Phi) is 8.76. The third-order valence-corrected chi connectivity index (χ3v) is 4.47. The van der Waals surface area contributed by atoms with Crippen LogP contribution in [0.25, 0.3) is 10.8 Å². The fourth-order valence-electron chi connectivity index (χ4n) is 3.00. The number of fused-ring (bicyclic) bond motifs is 1. The number of hydrogen-bond donors (Lipinski definition) is 2. The van der Waals surface area contributed by atoms with Crippen molar-refractivity contribution in [2.75, 3.05) is 13.1 Å². The summed E-state index contributed by atoms with van der Waals surface area (Å²) in [5.74, 6) is 1.93. The number of aromatic nitrogens is 1. The Morgan fingerprint density at radius 1 is 1.11 bits per heavy atom. The predicted molar refractivity (Wildman–Crippen MR) is 126 cm³/mol. The zero-order valence-electron chi connectivity index (χ0n) is 16.7. The van der Waals surface area contributed by atoms with Crippen LogP contribution < -0.4 is 10.6 Å². The van der Waals surface area contributed by atoms with Crippen LogP contribution in [0.3, 0.4) is 0 Å². The molecule has 0 unspecified atom stereocenters. The number of guanidine groups is 1. The van der Waals surface area contributed by atoms with Crippen molar-refractivity contribution in [1.82, 2.24) is 15.8 Å². The van der Waals surface area contributed by atoms with Gasteiger partial charge >= 0.3 is 0 Å². The van der Waals surface area contributed by atoms with Crippen molar-refractivity contribution in [1.29, 1.82) is 0 Å². The first-order valence-electron chi connectivity index (χ1n) is 9.61. The number of halogens is 1. The lowest BCUT2D eigenvalue weighted by atomic mass is 10.0. The highest BCUT2D eigenvalue weighted by Crippen LogP contribution is 2.18. The van der Waals surface area contributed by atoms with Crippen LogP contribution in [-0.4, -0.2) is 24.2 Å². The predicted octanol–water partition coefficient (Wildman–Crippen LogP) is 4.87. The minimum absolute atomic E-state index is 0. The number of rotatable bonds is 7. The standard InChI is InChI=1S/C22H28N4O.HI/c1-4-23-22(25-15-19-14-21(16(2)3)26-27-19)24-13-12-18-10-7-9-17-8-5-6-11-20(17)18;/h5-11,14,16H,4,12-13,15H2,1-3H3,(H2,23,24,25);1H. The molecule has 0 amide bonds. The fraction of sp³-hybridized carbons (Fsp3) is 0.364. The van der Waals surface area contributed by atoms with Gasteiger partial charge in [-0.3, -0.25) is 0 Å². The molecule has 0 saturated heterocycles. The molecule has 3 aromatic rings. The van der Waals surface area contributed by atoms with Gasteiger partial charge < -0.3 is 15.2 Å². The largest absolute Gasteiger partial charge is 0.359 e. The van der Waals surface area contributed by atoms with Crippen LogP contribution in [0.1, 0.15) is 43.7 Å². The van der Waals surface area contributed by atoms with Crippen molar-refractivity contribution >= 4 is 40.7 Å². The molecule has 28 heavy (non-hydrogen) atoms. The minimum Gasteiger partial charge on any atom is -0.359 e. The highest BCUT2D eigenvalue weighted by Gasteiger charge is 2.07. The molecule has 5 nitrogen and oxygen atoms in total. The first-order chi connectivity index (χ1) is 13.2. The third-order valence-electron chi connectivity index (χ3n) is 4.47. The van der Waals surface area contributed by atoms with Gasteiger partial charge in [0.2, 0.25) is 0 Å². The van der Waals surface area contributed by atoms with Gasteiger partial charge in [0.25, 0.3) is 0 Å². The summed E-state index contributed by atoms with van der Waals surface area (Å²) in [7, 11) is 0. The Morgan fingerprint density at radius 2 is 1.89 bits per heavy atom. The Bertz CT molecular complexity index is 899. The van der Waals surface area contributed by atoms with Gasteiger partial charge in [-0.05, 0) is 35.6 Å². The Hall–Kier alpha value is -2.09. The maximum absolute atomic E-state index is 5.36. The maximum atomic E-state index is 5.36. The summed E-state index contributed by atoms with van der Waals surface area (Å²) in [5.41, 5.74) is 2.31. The fourth-order valence-corrected chi connectivity index (χ4v) is 3.00. The van der Waals surface area contributed by atoms with Crippen LogP contribution >= 0.6 is 24.0 Å². The van der Waals surface area contributed by atoms with Crippen LogP contribution in [0, 0.1) is 0 Å². The average molecular weight is 492 g/mol. The van der Waals surface area contributed by atoms with Crippen molar-refractivity contribution in [3.05, 3.63) is 65.5 Å². The second-order valence-corrected chi connectivity index (χ2v) is 6.88. The van der Waals surface area contributed by atoms with Gasteiger partial charge in [-0.25, -0.2) is 4.99 Å². The lowest BCUT2D eigenvalue weighted by Gasteiger charge is -2.12. The first kappa shape index (κ1) is 22.2. The summed E-state index contributed by atoms with van der Waals surface area (Å²) in [5, 5.41) is 13.4. The molecule has 1 heterocycles. The Balaban J connectivity index is 0.00000280. The summed E-state index contributed by atoms with van der Waals surface area (Å²) in [6.45, 7) is 8.37. The van der Waals surface area contributed by atoms with Crippen LogP contribution in [0.2, 0.25) is 0 Å². The van der Waals surface area contributed by atoms with Crippen molar-refractivity contribution in [3.8, 4) is 0 Å². The molecule has 6 heteroatoms. The van der Waals surface area contributed by atoms with Gasteiger partial charge in [-0.15, -0.1) is 24.0 Å². The maximum Gasteiger partial charge on any atom is 0.191 e. The number of nitrogens with one attached hydrogen (secondary N) is 2. The molecule has 3 rings (SSSR count). The van der Waals surface area contributed by atoms with E-state index in [4.69, 9.17) is 4.52 Å². The number of hydrogen-bond acceptors (Lipinski definition) is 3. The van der Waals surface area contributed by atoms with E-state index in [1.807, 2.05) is 6.07 Å². The van der Waals surface area contributed by atoms with E-state index in [-0.39, 0.29) is 24.0 Å². The van der Waals surface area contributed by atoms with Crippen molar-refractivity contribution in [3.63, 3.8) is 0 Å². The third kappa shape index (κ3) is 5.95. The summed E-state index contributed by atoms with van der Waals surface area (Å²) < 4.78 is 5.36. The average Bonchev–Trinajstić information content (AvgIpc) is 3.16. The van der Waals surface area contributed by atoms with E-state index in [1.165, 1.54) is 16.3 Å². The summed E-state index contributed by atoms with van der Waals surface area (Å²) in [4.78, 5) is 4.61. The Labute approximate surface area is 184 Å². The molecule has 150 valence electrons. The molecular formula is C22H29IN4O.